The first-order chi connectivity index (χ1) is 5.64. The largest absolute Gasteiger partial charge is 0.385 e. The summed E-state index contributed by atoms with van der Waals surface area (Å²) in [6, 6.07) is 8.13. The number of rotatable bonds is 1. The molecule has 1 N–H and O–H groups in total. The van der Waals surface area contributed by atoms with Crippen molar-refractivity contribution in [3.05, 3.63) is 35.4 Å². The van der Waals surface area contributed by atoms with Crippen LogP contribution in [0.15, 0.2) is 24.3 Å². The molecular weight excluding hydrogens is 148 g/mol. The summed E-state index contributed by atoms with van der Waals surface area (Å²) in [4.78, 5) is 0. The summed E-state index contributed by atoms with van der Waals surface area (Å²) in [6.45, 7) is 4.13. The Kier molecular flexibility index (Phi) is 1.52. The standard InChI is InChI=1S/C11H14O/c1-8(2)11(12)7-9-5-3-4-6-10(9)11/h3-6,8,12H,7H2,1-2H3. The second-order valence-corrected chi connectivity index (χ2v) is 3.91. The number of hydrogen-bond acceptors (Lipinski definition) is 1. The molecule has 1 aliphatic carbocycles. The lowest BCUT2D eigenvalue weighted by atomic mass is 9.67. The second kappa shape index (κ2) is 2.33. The molecule has 1 unspecified atom stereocenters. The second-order valence-electron chi connectivity index (χ2n) is 3.91. The molecule has 1 aromatic rings. The lowest BCUT2D eigenvalue weighted by molar-refractivity contribution is -0.0325. The van der Waals surface area contributed by atoms with Gasteiger partial charge in [0.05, 0.1) is 5.60 Å². The van der Waals surface area contributed by atoms with Crippen molar-refractivity contribution in [1.82, 2.24) is 0 Å². The van der Waals surface area contributed by atoms with Gasteiger partial charge in [-0.15, -0.1) is 0 Å². The molecule has 0 aliphatic heterocycles. The first kappa shape index (κ1) is 7.81. The summed E-state index contributed by atoms with van der Waals surface area (Å²) in [6.07, 6.45) is 0.820. The van der Waals surface area contributed by atoms with Crippen molar-refractivity contribution in [2.45, 2.75) is 25.9 Å². The average Bonchev–Trinajstić information content (AvgIpc) is 2.02. The van der Waals surface area contributed by atoms with E-state index >= 15 is 0 Å². The Morgan fingerprint density at radius 3 is 2.58 bits per heavy atom. The zero-order chi connectivity index (χ0) is 8.77. The fourth-order valence-electron chi connectivity index (χ4n) is 1.89. The molecular formula is C11H14O. The van der Waals surface area contributed by atoms with Gasteiger partial charge in [0.2, 0.25) is 0 Å². The highest BCUT2D eigenvalue weighted by Crippen LogP contribution is 2.43. The minimum atomic E-state index is -0.545. The molecule has 0 bridgehead atoms. The fourth-order valence-corrected chi connectivity index (χ4v) is 1.89. The van der Waals surface area contributed by atoms with Crippen LogP contribution in [0.1, 0.15) is 25.0 Å². The van der Waals surface area contributed by atoms with E-state index in [4.69, 9.17) is 0 Å². The molecule has 1 aliphatic rings. The number of aliphatic hydroxyl groups is 1. The third-order valence-corrected chi connectivity index (χ3v) is 2.90. The van der Waals surface area contributed by atoms with Crippen molar-refractivity contribution in [1.29, 1.82) is 0 Å². The van der Waals surface area contributed by atoms with Gasteiger partial charge in [0.15, 0.2) is 0 Å². The molecule has 12 heavy (non-hydrogen) atoms. The third-order valence-electron chi connectivity index (χ3n) is 2.90. The molecule has 2 rings (SSSR count). The first-order valence-electron chi connectivity index (χ1n) is 4.45. The van der Waals surface area contributed by atoms with E-state index in [0.717, 1.165) is 12.0 Å². The molecule has 0 amide bonds. The quantitative estimate of drug-likeness (QED) is 0.670. The van der Waals surface area contributed by atoms with Gasteiger partial charge in [-0.3, -0.25) is 0 Å². The van der Waals surface area contributed by atoms with Crippen molar-refractivity contribution >= 4 is 0 Å². The minimum Gasteiger partial charge on any atom is -0.385 e. The highest BCUT2D eigenvalue weighted by atomic mass is 16.3. The molecule has 1 aromatic carbocycles. The topological polar surface area (TPSA) is 20.2 Å². The minimum absolute atomic E-state index is 0.312. The van der Waals surface area contributed by atoms with Gasteiger partial charge < -0.3 is 5.11 Å². The third kappa shape index (κ3) is 0.831. The van der Waals surface area contributed by atoms with Crippen molar-refractivity contribution in [3.8, 4) is 0 Å². The van der Waals surface area contributed by atoms with Crippen LogP contribution in [0.5, 0.6) is 0 Å². The predicted octanol–water partition coefficient (Wildman–Crippen LogP) is 2.09. The van der Waals surface area contributed by atoms with Crippen LogP contribution in [0.2, 0.25) is 0 Å². The van der Waals surface area contributed by atoms with E-state index in [2.05, 4.69) is 19.9 Å². The summed E-state index contributed by atoms with van der Waals surface area (Å²) >= 11 is 0. The van der Waals surface area contributed by atoms with Gasteiger partial charge in [0, 0.05) is 6.42 Å². The highest BCUT2D eigenvalue weighted by Gasteiger charge is 2.42. The molecule has 0 saturated heterocycles. The lowest BCUT2D eigenvalue weighted by Gasteiger charge is -2.42. The van der Waals surface area contributed by atoms with E-state index in [9.17, 15) is 5.11 Å². The maximum atomic E-state index is 10.1. The van der Waals surface area contributed by atoms with E-state index in [1.807, 2.05) is 18.2 Å². The monoisotopic (exact) mass is 162 g/mol. The van der Waals surface area contributed by atoms with Crippen molar-refractivity contribution < 1.29 is 5.11 Å². The molecule has 1 heteroatoms. The van der Waals surface area contributed by atoms with Crippen LogP contribution in [0.3, 0.4) is 0 Å². The molecule has 0 radical (unpaired) electrons. The smallest absolute Gasteiger partial charge is 0.0962 e. The Labute approximate surface area is 73.0 Å². The van der Waals surface area contributed by atoms with Crippen LogP contribution in [0, 0.1) is 5.92 Å². The Hall–Kier alpha value is -0.820. The van der Waals surface area contributed by atoms with Gasteiger partial charge in [-0.05, 0) is 17.0 Å². The van der Waals surface area contributed by atoms with E-state index in [1.54, 1.807) is 0 Å². The number of fused-ring (bicyclic) bond motifs is 1. The Morgan fingerprint density at radius 2 is 2.00 bits per heavy atom. The van der Waals surface area contributed by atoms with Crippen LogP contribution in [0.4, 0.5) is 0 Å². The van der Waals surface area contributed by atoms with Crippen LogP contribution in [-0.2, 0) is 12.0 Å². The van der Waals surface area contributed by atoms with Gasteiger partial charge >= 0.3 is 0 Å². The van der Waals surface area contributed by atoms with Crippen LogP contribution >= 0.6 is 0 Å². The molecule has 0 saturated carbocycles. The molecule has 1 nitrogen and oxygen atoms in total. The van der Waals surface area contributed by atoms with E-state index in [-0.39, 0.29) is 0 Å². The zero-order valence-electron chi connectivity index (χ0n) is 7.54. The maximum Gasteiger partial charge on any atom is 0.0962 e. The van der Waals surface area contributed by atoms with Crippen LogP contribution < -0.4 is 0 Å². The Morgan fingerprint density at radius 1 is 1.33 bits per heavy atom. The molecule has 1 atom stereocenters. The van der Waals surface area contributed by atoms with Crippen molar-refractivity contribution in [2.24, 2.45) is 5.92 Å². The first-order valence-corrected chi connectivity index (χ1v) is 4.45. The van der Waals surface area contributed by atoms with Crippen LogP contribution in [0.25, 0.3) is 0 Å². The summed E-state index contributed by atoms with van der Waals surface area (Å²) in [5, 5.41) is 10.1. The molecule has 0 aromatic heterocycles. The predicted molar refractivity (Wildman–Crippen MR) is 48.9 cm³/mol. The van der Waals surface area contributed by atoms with Crippen molar-refractivity contribution in [2.75, 3.05) is 0 Å². The summed E-state index contributed by atoms with van der Waals surface area (Å²) in [7, 11) is 0. The summed E-state index contributed by atoms with van der Waals surface area (Å²) < 4.78 is 0. The van der Waals surface area contributed by atoms with Crippen molar-refractivity contribution in [3.63, 3.8) is 0 Å². The summed E-state index contributed by atoms with van der Waals surface area (Å²) in [5.74, 6) is 0.312. The lowest BCUT2D eigenvalue weighted by Crippen LogP contribution is -2.43. The average molecular weight is 162 g/mol. The highest BCUT2D eigenvalue weighted by molar-refractivity contribution is 5.42. The van der Waals surface area contributed by atoms with E-state index in [0.29, 0.717) is 5.92 Å². The number of benzene rings is 1. The van der Waals surface area contributed by atoms with E-state index in [1.165, 1.54) is 5.56 Å². The normalized spacial score (nSPS) is 26.7. The molecule has 0 spiro atoms. The van der Waals surface area contributed by atoms with Gasteiger partial charge in [-0.25, -0.2) is 0 Å². The Bertz CT molecular complexity index is 304. The van der Waals surface area contributed by atoms with Gasteiger partial charge in [-0.1, -0.05) is 38.1 Å². The number of hydrogen-bond donors (Lipinski definition) is 1. The van der Waals surface area contributed by atoms with E-state index < -0.39 is 5.60 Å². The van der Waals surface area contributed by atoms with Gasteiger partial charge in [0.1, 0.15) is 0 Å². The van der Waals surface area contributed by atoms with Gasteiger partial charge in [0.25, 0.3) is 0 Å². The molecule has 64 valence electrons. The summed E-state index contributed by atoms with van der Waals surface area (Å²) in [5.41, 5.74) is 1.88. The fraction of sp³-hybridized carbons (Fsp3) is 0.455. The molecule has 0 heterocycles. The SMILES string of the molecule is CC(C)C1(O)Cc2ccccc21. The Balaban J connectivity index is 2.41. The van der Waals surface area contributed by atoms with Crippen LogP contribution in [-0.4, -0.2) is 5.11 Å². The molecule has 0 fully saturated rings. The van der Waals surface area contributed by atoms with Gasteiger partial charge in [-0.2, -0.15) is 0 Å². The maximum absolute atomic E-state index is 10.1. The zero-order valence-corrected chi connectivity index (χ0v) is 7.54.